The predicted octanol–water partition coefficient (Wildman–Crippen LogP) is 2.36. The average molecular weight is 245 g/mol. The number of hydrogen-bond donors (Lipinski definition) is 0. The molecule has 0 N–H and O–H groups in total. The Labute approximate surface area is 105 Å². The molecule has 1 aromatic rings. The summed E-state index contributed by atoms with van der Waals surface area (Å²) >= 11 is 0. The van der Waals surface area contributed by atoms with Crippen LogP contribution in [0.2, 0.25) is 0 Å². The number of carbonyl (C=O) groups excluding carboxylic acids is 1. The highest BCUT2D eigenvalue weighted by Crippen LogP contribution is 2.25. The molecule has 1 saturated heterocycles. The Morgan fingerprint density at radius 3 is 3.06 bits per heavy atom. The lowest BCUT2D eigenvalue weighted by atomic mass is 10.1. The van der Waals surface area contributed by atoms with Gasteiger partial charge in [-0.1, -0.05) is 5.11 Å². The second kappa shape index (κ2) is 5.06. The molecule has 0 saturated carbocycles. The molecule has 1 unspecified atom stereocenters. The lowest BCUT2D eigenvalue weighted by Crippen LogP contribution is -2.25. The van der Waals surface area contributed by atoms with E-state index in [-0.39, 0.29) is 11.8 Å². The van der Waals surface area contributed by atoms with Crippen LogP contribution in [0.1, 0.15) is 17.7 Å². The first-order valence-corrected chi connectivity index (χ1v) is 5.86. The quantitative estimate of drug-likeness (QED) is 0.465. The minimum absolute atomic E-state index is 0.0678. The smallest absolute Gasteiger partial charge is 0.227 e. The minimum Gasteiger partial charge on any atom is -0.311 e. The van der Waals surface area contributed by atoms with E-state index in [1.54, 1.807) is 11.1 Å². The van der Waals surface area contributed by atoms with Gasteiger partial charge in [-0.05, 0) is 36.9 Å². The molecule has 1 atom stereocenters. The molecule has 6 nitrogen and oxygen atoms in total. The summed E-state index contributed by atoms with van der Waals surface area (Å²) in [4.78, 5) is 20.6. The molecule has 0 spiro atoms. The van der Waals surface area contributed by atoms with Crippen LogP contribution in [0.3, 0.4) is 0 Å². The van der Waals surface area contributed by atoms with E-state index < -0.39 is 0 Å². The molecule has 1 amide bonds. The van der Waals surface area contributed by atoms with Crippen molar-refractivity contribution >= 4 is 11.6 Å². The second-order valence-electron chi connectivity index (χ2n) is 4.58. The number of aryl methyl sites for hydroxylation is 2. The van der Waals surface area contributed by atoms with E-state index in [1.807, 2.05) is 19.9 Å². The van der Waals surface area contributed by atoms with E-state index in [2.05, 4.69) is 15.0 Å². The molecule has 94 valence electrons. The maximum absolute atomic E-state index is 11.9. The predicted molar refractivity (Wildman–Crippen MR) is 68.2 cm³/mol. The zero-order valence-electron chi connectivity index (χ0n) is 10.5. The number of rotatable bonds is 3. The fraction of sp³-hybridized carbons (Fsp3) is 0.500. The van der Waals surface area contributed by atoms with Crippen LogP contribution in [0.5, 0.6) is 0 Å². The Hall–Kier alpha value is -2.07. The minimum atomic E-state index is 0.0678. The molecule has 1 aromatic heterocycles. The first kappa shape index (κ1) is 12.4. The molecule has 2 heterocycles. The summed E-state index contributed by atoms with van der Waals surface area (Å²) in [6.45, 7) is 4.89. The first-order valence-electron chi connectivity index (χ1n) is 5.86. The maximum Gasteiger partial charge on any atom is 0.227 e. The number of aromatic nitrogens is 1. The molecule has 0 aliphatic carbocycles. The SMILES string of the molecule is Cc1cc(N2CC(CN=[N+]=[N-])CC2=O)cnc1C. The molecule has 1 fully saturated rings. The van der Waals surface area contributed by atoms with E-state index in [0.717, 1.165) is 16.9 Å². The zero-order chi connectivity index (χ0) is 13.1. The first-order chi connectivity index (χ1) is 8.61. The highest BCUT2D eigenvalue weighted by Gasteiger charge is 2.30. The van der Waals surface area contributed by atoms with Gasteiger partial charge in [0.2, 0.25) is 5.91 Å². The number of amides is 1. The van der Waals surface area contributed by atoms with Gasteiger partial charge < -0.3 is 4.90 Å². The van der Waals surface area contributed by atoms with E-state index in [0.29, 0.717) is 19.5 Å². The van der Waals surface area contributed by atoms with Crippen molar-refractivity contribution in [3.63, 3.8) is 0 Å². The maximum atomic E-state index is 11.9. The molecule has 1 aliphatic rings. The Morgan fingerprint density at radius 1 is 1.61 bits per heavy atom. The van der Waals surface area contributed by atoms with Gasteiger partial charge in [-0.25, -0.2) is 0 Å². The van der Waals surface area contributed by atoms with E-state index in [4.69, 9.17) is 5.53 Å². The summed E-state index contributed by atoms with van der Waals surface area (Å²) in [5.74, 6) is 0.174. The number of carbonyl (C=O) groups is 1. The van der Waals surface area contributed by atoms with Crippen LogP contribution >= 0.6 is 0 Å². The van der Waals surface area contributed by atoms with Crippen LogP contribution in [0.15, 0.2) is 17.4 Å². The highest BCUT2D eigenvalue weighted by molar-refractivity contribution is 5.95. The summed E-state index contributed by atoms with van der Waals surface area (Å²) in [7, 11) is 0. The monoisotopic (exact) mass is 245 g/mol. The van der Waals surface area contributed by atoms with Crippen molar-refractivity contribution in [3.05, 3.63) is 34.0 Å². The molecule has 18 heavy (non-hydrogen) atoms. The standard InChI is InChI=1S/C12H15N5O/c1-8-3-11(6-14-9(8)2)17-7-10(4-12(17)18)5-15-16-13/h3,6,10H,4-5,7H2,1-2H3. The van der Waals surface area contributed by atoms with E-state index in [1.165, 1.54) is 0 Å². The average Bonchev–Trinajstić information content (AvgIpc) is 2.71. The third-order valence-electron chi connectivity index (χ3n) is 3.25. The van der Waals surface area contributed by atoms with Gasteiger partial charge in [0.15, 0.2) is 0 Å². The largest absolute Gasteiger partial charge is 0.311 e. The van der Waals surface area contributed by atoms with Crippen molar-refractivity contribution in [2.75, 3.05) is 18.0 Å². The molecule has 2 rings (SSSR count). The van der Waals surface area contributed by atoms with Gasteiger partial charge in [0.25, 0.3) is 0 Å². The van der Waals surface area contributed by atoms with Gasteiger partial charge in [-0.15, -0.1) is 0 Å². The molecule has 1 aliphatic heterocycles. The second-order valence-corrected chi connectivity index (χ2v) is 4.58. The van der Waals surface area contributed by atoms with E-state index >= 15 is 0 Å². The van der Waals surface area contributed by atoms with Crippen molar-refractivity contribution in [2.24, 2.45) is 11.0 Å². The summed E-state index contributed by atoms with van der Waals surface area (Å²) in [5.41, 5.74) is 11.2. The fourth-order valence-corrected chi connectivity index (χ4v) is 2.08. The van der Waals surface area contributed by atoms with Crippen molar-refractivity contribution in [1.29, 1.82) is 0 Å². The fourth-order valence-electron chi connectivity index (χ4n) is 2.08. The summed E-state index contributed by atoms with van der Waals surface area (Å²) in [5, 5.41) is 3.53. The van der Waals surface area contributed by atoms with Gasteiger partial charge in [0.1, 0.15) is 0 Å². The number of pyridine rings is 1. The van der Waals surface area contributed by atoms with Crippen LogP contribution in [0.25, 0.3) is 10.4 Å². The van der Waals surface area contributed by atoms with Crippen molar-refractivity contribution in [2.45, 2.75) is 20.3 Å². The van der Waals surface area contributed by atoms with Gasteiger partial charge in [-0.3, -0.25) is 9.78 Å². The Balaban J connectivity index is 2.16. The van der Waals surface area contributed by atoms with E-state index in [9.17, 15) is 4.79 Å². The van der Waals surface area contributed by atoms with Crippen LogP contribution in [0.4, 0.5) is 5.69 Å². The van der Waals surface area contributed by atoms with Crippen molar-refractivity contribution < 1.29 is 4.79 Å². The van der Waals surface area contributed by atoms with Gasteiger partial charge >= 0.3 is 0 Å². The van der Waals surface area contributed by atoms with Gasteiger partial charge in [0.05, 0.1) is 11.9 Å². The van der Waals surface area contributed by atoms with Crippen LogP contribution in [0, 0.1) is 19.8 Å². The van der Waals surface area contributed by atoms with Crippen LogP contribution in [-0.2, 0) is 4.79 Å². The Bertz CT molecular complexity index is 521. The number of hydrogen-bond acceptors (Lipinski definition) is 3. The summed E-state index contributed by atoms with van der Waals surface area (Å²) in [6, 6.07) is 1.97. The number of azide groups is 1. The zero-order valence-corrected chi connectivity index (χ0v) is 10.5. The Morgan fingerprint density at radius 2 is 2.39 bits per heavy atom. The lowest BCUT2D eigenvalue weighted by Gasteiger charge is -2.17. The van der Waals surface area contributed by atoms with Crippen LogP contribution in [-0.4, -0.2) is 24.0 Å². The van der Waals surface area contributed by atoms with Crippen molar-refractivity contribution in [1.82, 2.24) is 4.98 Å². The van der Waals surface area contributed by atoms with Gasteiger partial charge in [0, 0.05) is 30.1 Å². The molecule has 0 aromatic carbocycles. The highest BCUT2D eigenvalue weighted by atomic mass is 16.2. The molecule has 0 radical (unpaired) electrons. The molecule has 0 bridgehead atoms. The van der Waals surface area contributed by atoms with Crippen LogP contribution < -0.4 is 4.90 Å². The molecular weight excluding hydrogens is 230 g/mol. The Kier molecular flexibility index (Phi) is 3.48. The third-order valence-corrected chi connectivity index (χ3v) is 3.25. The molecule has 6 heteroatoms. The normalized spacial score (nSPS) is 18.9. The summed E-state index contributed by atoms with van der Waals surface area (Å²) in [6.07, 6.45) is 2.15. The van der Waals surface area contributed by atoms with Gasteiger partial charge in [-0.2, -0.15) is 0 Å². The number of nitrogens with zero attached hydrogens (tertiary/aromatic N) is 5. The molecular formula is C12H15N5O. The summed E-state index contributed by atoms with van der Waals surface area (Å²) < 4.78 is 0. The number of anilines is 1. The topological polar surface area (TPSA) is 82.0 Å². The van der Waals surface area contributed by atoms with Crippen molar-refractivity contribution in [3.8, 4) is 0 Å². The third kappa shape index (κ3) is 2.43. The lowest BCUT2D eigenvalue weighted by molar-refractivity contribution is -0.117.